The van der Waals surface area contributed by atoms with Crippen molar-refractivity contribution < 1.29 is 14.3 Å². The molecule has 0 fully saturated rings. The van der Waals surface area contributed by atoms with E-state index in [2.05, 4.69) is 5.32 Å². The van der Waals surface area contributed by atoms with Gasteiger partial charge in [-0.1, -0.05) is 53.6 Å². The van der Waals surface area contributed by atoms with Gasteiger partial charge in [-0.3, -0.25) is 9.59 Å². The molecule has 0 bridgehead atoms. The van der Waals surface area contributed by atoms with E-state index >= 15 is 0 Å². The number of anilines is 1. The average Bonchev–Trinajstić information content (AvgIpc) is 3.01. The third-order valence-corrected chi connectivity index (χ3v) is 6.50. The number of amides is 1. The van der Waals surface area contributed by atoms with Gasteiger partial charge in [-0.25, -0.2) is 0 Å². The molecule has 1 aliphatic heterocycles. The molecule has 1 amide bonds. The molecule has 0 saturated heterocycles. The number of halogens is 1. The second-order valence-corrected chi connectivity index (χ2v) is 8.59. The molecule has 4 rings (SSSR count). The molecule has 28 heavy (non-hydrogen) atoms. The van der Waals surface area contributed by atoms with E-state index < -0.39 is 5.41 Å². The Labute approximate surface area is 172 Å². The Morgan fingerprint density at radius 2 is 1.82 bits per heavy atom. The topological polar surface area (TPSA) is 55.4 Å². The summed E-state index contributed by atoms with van der Waals surface area (Å²) in [5.41, 5.74) is 2.27. The predicted octanol–water partition coefficient (Wildman–Crippen LogP) is 5.48. The zero-order chi connectivity index (χ0) is 20.1. The van der Waals surface area contributed by atoms with Crippen molar-refractivity contribution in [3.8, 4) is 16.9 Å². The first-order valence-corrected chi connectivity index (χ1v) is 9.96. The van der Waals surface area contributed by atoms with Gasteiger partial charge in [0.15, 0.2) is 5.78 Å². The van der Waals surface area contributed by atoms with Crippen LogP contribution in [0.15, 0.2) is 48.5 Å². The summed E-state index contributed by atoms with van der Waals surface area (Å²) in [6, 6.07) is 14.9. The van der Waals surface area contributed by atoms with Crippen LogP contribution in [-0.2, 0) is 10.2 Å². The number of aryl methyl sites for hydroxylation is 1. The van der Waals surface area contributed by atoms with Crippen molar-refractivity contribution in [3.05, 3.63) is 69.6 Å². The highest BCUT2D eigenvalue weighted by Gasteiger charge is 2.49. The molecule has 2 aromatic carbocycles. The van der Waals surface area contributed by atoms with Crippen LogP contribution in [0.1, 0.15) is 28.4 Å². The molecule has 142 valence electrons. The summed E-state index contributed by atoms with van der Waals surface area (Å²) in [6.45, 7) is 3.63. The second-order valence-electron chi connectivity index (χ2n) is 6.96. The number of hydrogen-bond donors (Lipinski definition) is 1. The van der Waals surface area contributed by atoms with Gasteiger partial charge >= 0.3 is 0 Å². The maximum Gasteiger partial charge on any atom is 0.243 e. The number of thiophene rings is 1. The van der Waals surface area contributed by atoms with Gasteiger partial charge in [0, 0.05) is 5.56 Å². The largest absolute Gasteiger partial charge is 0.497 e. The summed E-state index contributed by atoms with van der Waals surface area (Å²) < 4.78 is 5.76. The lowest BCUT2D eigenvalue weighted by atomic mass is 9.73. The van der Waals surface area contributed by atoms with Gasteiger partial charge < -0.3 is 10.1 Å². The highest BCUT2D eigenvalue weighted by atomic mass is 35.5. The first kappa shape index (κ1) is 18.7. The Kier molecular flexibility index (Phi) is 4.52. The normalized spacial score (nSPS) is 18.6. The van der Waals surface area contributed by atoms with Crippen LogP contribution in [0.3, 0.4) is 0 Å². The lowest BCUT2D eigenvalue weighted by molar-refractivity contribution is -0.119. The zero-order valence-electron chi connectivity index (χ0n) is 15.6. The number of hydrogen-bond acceptors (Lipinski definition) is 4. The molecule has 1 N–H and O–H groups in total. The number of rotatable bonds is 3. The highest BCUT2D eigenvalue weighted by molar-refractivity contribution is 7.21. The van der Waals surface area contributed by atoms with E-state index in [0.29, 0.717) is 31.8 Å². The standard InChI is InChI=1S/C22H18ClNO3S/c1-12-6-4-7-13(10-12)16-17-18(25)22(2,14-8-5-9-15(11-14)27-3)21(26)24-20(17)28-19(16)23/h4-11H,1-3H3,(H,24,26). The Morgan fingerprint density at radius 3 is 2.54 bits per heavy atom. The molecule has 1 aliphatic rings. The molecule has 3 aromatic rings. The predicted molar refractivity (Wildman–Crippen MR) is 113 cm³/mol. The van der Waals surface area contributed by atoms with E-state index in [0.717, 1.165) is 11.1 Å². The van der Waals surface area contributed by atoms with Gasteiger partial charge in [0.1, 0.15) is 20.5 Å². The average molecular weight is 412 g/mol. The van der Waals surface area contributed by atoms with Gasteiger partial charge in [-0.2, -0.15) is 0 Å². The number of carbonyl (C=O) groups is 2. The summed E-state index contributed by atoms with van der Waals surface area (Å²) in [5.74, 6) is -0.0431. The molecule has 0 aliphatic carbocycles. The SMILES string of the molecule is COc1cccc(C2(C)C(=O)Nc3sc(Cl)c(-c4cccc(C)c4)c3C2=O)c1. The summed E-state index contributed by atoms with van der Waals surface area (Å²) >= 11 is 7.73. The number of ketones is 1. The van der Waals surface area contributed by atoms with E-state index in [1.54, 1.807) is 38.3 Å². The monoisotopic (exact) mass is 411 g/mol. The number of ether oxygens (including phenoxy) is 1. The van der Waals surface area contributed by atoms with Crippen LogP contribution in [0.5, 0.6) is 5.75 Å². The number of methoxy groups -OCH3 is 1. The van der Waals surface area contributed by atoms with Crippen LogP contribution in [0.25, 0.3) is 11.1 Å². The Bertz CT molecular complexity index is 1120. The lowest BCUT2D eigenvalue weighted by Gasteiger charge is -2.32. The van der Waals surface area contributed by atoms with E-state index in [1.165, 1.54) is 11.3 Å². The van der Waals surface area contributed by atoms with E-state index in [1.807, 2.05) is 31.2 Å². The molecule has 0 saturated carbocycles. The summed E-state index contributed by atoms with van der Waals surface area (Å²) in [7, 11) is 1.55. The third kappa shape index (κ3) is 2.74. The van der Waals surface area contributed by atoms with Crippen LogP contribution in [0.4, 0.5) is 5.00 Å². The molecule has 0 radical (unpaired) electrons. The number of Topliss-reactive ketones (excluding diaryl/α,β-unsaturated/α-hetero) is 1. The van der Waals surface area contributed by atoms with Crippen molar-refractivity contribution in [2.45, 2.75) is 19.3 Å². The zero-order valence-corrected chi connectivity index (χ0v) is 17.2. The minimum Gasteiger partial charge on any atom is -0.497 e. The van der Waals surface area contributed by atoms with Crippen LogP contribution >= 0.6 is 22.9 Å². The van der Waals surface area contributed by atoms with Crippen molar-refractivity contribution in [1.29, 1.82) is 0 Å². The Balaban J connectivity index is 1.92. The second kappa shape index (κ2) is 6.76. The van der Waals surface area contributed by atoms with E-state index in [-0.39, 0.29) is 11.7 Å². The molecule has 6 heteroatoms. The van der Waals surface area contributed by atoms with Crippen molar-refractivity contribution in [3.63, 3.8) is 0 Å². The van der Waals surface area contributed by atoms with Gasteiger partial charge in [0.25, 0.3) is 0 Å². The smallest absolute Gasteiger partial charge is 0.243 e. The van der Waals surface area contributed by atoms with Crippen molar-refractivity contribution in [2.75, 3.05) is 12.4 Å². The first-order valence-electron chi connectivity index (χ1n) is 8.76. The summed E-state index contributed by atoms with van der Waals surface area (Å²) in [5, 5.41) is 3.39. The quantitative estimate of drug-likeness (QED) is 0.581. The number of benzene rings is 2. The minimum atomic E-state index is -1.37. The maximum absolute atomic E-state index is 13.7. The summed E-state index contributed by atoms with van der Waals surface area (Å²) in [6.07, 6.45) is 0. The maximum atomic E-state index is 13.7. The molecule has 4 nitrogen and oxygen atoms in total. The van der Waals surface area contributed by atoms with Crippen LogP contribution in [-0.4, -0.2) is 18.8 Å². The fourth-order valence-corrected chi connectivity index (χ4v) is 4.92. The van der Waals surface area contributed by atoms with Gasteiger partial charge in [0.05, 0.1) is 12.7 Å². The van der Waals surface area contributed by atoms with Crippen molar-refractivity contribution in [2.24, 2.45) is 0 Å². The van der Waals surface area contributed by atoms with Crippen LogP contribution < -0.4 is 10.1 Å². The van der Waals surface area contributed by atoms with Crippen molar-refractivity contribution >= 4 is 39.6 Å². The van der Waals surface area contributed by atoms with Crippen LogP contribution in [0, 0.1) is 6.92 Å². The molecule has 1 atom stereocenters. The number of fused-ring (bicyclic) bond motifs is 1. The Morgan fingerprint density at radius 1 is 1.07 bits per heavy atom. The molecule has 1 aromatic heterocycles. The molecule has 1 unspecified atom stereocenters. The molecule has 2 heterocycles. The van der Waals surface area contributed by atoms with Gasteiger partial charge in [-0.05, 0) is 37.1 Å². The fourth-order valence-electron chi connectivity index (χ4n) is 3.54. The van der Waals surface area contributed by atoms with Crippen molar-refractivity contribution in [1.82, 2.24) is 0 Å². The third-order valence-electron chi connectivity index (χ3n) is 5.18. The van der Waals surface area contributed by atoms with Gasteiger partial charge in [-0.15, -0.1) is 11.3 Å². The first-order chi connectivity index (χ1) is 13.4. The lowest BCUT2D eigenvalue weighted by Crippen LogP contribution is -2.48. The van der Waals surface area contributed by atoms with E-state index in [9.17, 15) is 9.59 Å². The minimum absolute atomic E-state index is 0.265. The Hall–Kier alpha value is -2.63. The highest BCUT2D eigenvalue weighted by Crippen LogP contribution is 2.49. The summed E-state index contributed by atoms with van der Waals surface area (Å²) in [4.78, 5) is 26.7. The molecule has 0 spiro atoms. The van der Waals surface area contributed by atoms with Crippen LogP contribution in [0.2, 0.25) is 4.34 Å². The number of carbonyl (C=O) groups excluding carboxylic acids is 2. The number of nitrogens with one attached hydrogen (secondary N) is 1. The molecular weight excluding hydrogens is 394 g/mol. The fraction of sp³-hybridized carbons (Fsp3) is 0.182. The van der Waals surface area contributed by atoms with E-state index in [4.69, 9.17) is 16.3 Å². The van der Waals surface area contributed by atoms with Gasteiger partial charge in [0.2, 0.25) is 5.91 Å². The molecular formula is C22H18ClNO3S.